The van der Waals surface area contributed by atoms with Crippen LogP contribution in [0.25, 0.3) is 5.69 Å². The van der Waals surface area contributed by atoms with Crippen molar-refractivity contribution in [2.24, 2.45) is 5.92 Å². The van der Waals surface area contributed by atoms with Gasteiger partial charge in [0.05, 0.1) is 16.5 Å². The Morgan fingerprint density at radius 2 is 1.88 bits per heavy atom. The molecule has 0 spiro atoms. The second kappa shape index (κ2) is 9.80. The maximum atomic E-state index is 13.2. The van der Waals surface area contributed by atoms with Gasteiger partial charge < -0.3 is 5.32 Å². The molecular weight excluding hydrogens is 440 g/mol. The fraction of sp³-hybridized carbons (Fsp3) is 0.391. The zero-order valence-corrected chi connectivity index (χ0v) is 19.6. The van der Waals surface area contributed by atoms with E-state index < -0.39 is 15.9 Å². The molecule has 4 rings (SSSR count). The smallest absolute Gasteiger partial charge is 0.243 e. The van der Waals surface area contributed by atoms with Gasteiger partial charge in [0.1, 0.15) is 6.33 Å². The first kappa shape index (κ1) is 23.1. The maximum absolute atomic E-state index is 13.2. The molecule has 1 N–H and O–H groups in total. The van der Waals surface area contributed by atoms with E-state index in [-0.39, 0.29) is 17.3 Å². The Kier molecular flexibility index (Phi) is 6.85. The minimum Gasteiger partial charge on any atom is -0.326 e. The Bertz CT molecular complexity index is 1180. The van der Waals surface area contributed by atoms with Crippen LogP contribution in [0.3, 0.4) is 0 Å². The van der Waals surface area contributed by atoms with E-state index in [1.165, 1.54) is 33.0 Å². The molecular formula is C23H28N6O3S. The number of amides is 1. The predicted octanol–water partition coefficient (Wildman–Crippen LogP) is 3.22. The summed E-state index contributed by atoms with van der Waals surface area (Å²) in [6.07, 6.45) is 3.78. The average molecular weight is 469 g/mol. The van der Waals surface area contributed by atoms with Crippen LogP contribution >= 0.6 is 0 Å². The Morgan fingerprint density at radius 1 is 1.15 bits per heavy atom. The molecule has 33 heavy (non-hydrogen) atoms. The predicted molar refractivity (Wildman–Crippen MR) is 124 cm³/mol. The summed E-state index contributed by atoms with van der Waals surface area (Å²) in [6.45, 7) is 4.87. The summed E-state index contributed by atoms with van der Waals surface area (Å²) in [5, 5.41) is 13.9. The van der Waals surface area contributed by atoms with Gasteiger partial charge >= 0.3 is 0 Å². The number of carbonyl (C=O) groups is 1. The lowest BCUT2D eigenvalue weighted by Gasteiger charge is -2.31. The Hall–Kier alpha value is -3.11. The molecule has 1 aromatic heterocycles. The largest absolute Gasteiger partial charge is 0.326 e. The lowest BCUT2D eigenvalue weighted by Crippen LogP contribution is -2.43. The van der Waals surface area contributed by atoms with Crippen LogP contribution in [0.15, 0.2) is 59.8 Å². The standard InChI is InChI=1S/C23H28N6O3S/c1-3-17(2)18-6-8-20(9-7-18)25-23(30)19-5-4-14-28(15-19)33(31,32)22-12-10-21(11-13-22)29-16-24-26-27-29/h6-13,16-17,19H,3-5,14-15H2,1-2H3,(H,25,30)/t17-,19+/m0/s1. The first-order valence-electron chi connectivity index (χ1n) is 11.1. The molecule has 174 valence electrons. The normalized spacial score (nSPS) is 18.1. The van der Waals surface area contributed by atoms with E-state index >= 15 is 0 Å². The molecule has 1 amide bonds. The van der Waals surface area contributed by atoms with Gasteiger partial charge in [-0.1, -0.05) is 26.0 Å². The number of sulfonamides is 1. The summed E-state index contributed by atoms with van der Waals surface area (Å²) in [5.41, 5.74) is 2.62. The van der Waals surface area contributed by atoms with Crippen LogP contribution in [0.2, 0.25) is 0 Å². The number of piperidine rings is 1. The number of hydrogen-bond acceptors (Lipinski definition) is 6. The second-order valence-corrected chi connectivity index (χ2v) is 10.3. The highest BCUT2D eigenvalue weighted by atomic mass is 32.2. The number of carbonyl (C=O) groups excluding carboxylic acids is 1. The lowest BCUT2D eigenvalue weighted by atomic mass is 9.97. The molecule has 10 heteroatoms. The van der Waals surface area contributed by atoms with E-state index in [9.17, 15) is 13.2 Å². The van der Waals surface area contributed by atoms with Gasteiger partial charge in [-0.2, -0.15) is 4.31 Å². The molecule has 1 aliphatic heterocycles. The van der Waals surface area contributed by atoms with Gasteiger partial charge in [-0.15, -0.1) is 5.10 Å². The fourth-order valence-electron chi connectivity index (χ4n) is 3.95. The number of nitrogens with zero attached hydrogens (tertiary/aromatic N) is 5. The Balaban J connectivity index is 1.42. The van der Waals surface area contributed by atoms with Crippen molar-refractivity contribution in [3.8, 4) is 5.69 Å². The number of aromatic nitrogens is 4. The molecule has 1 saturated heterocycles. The molecule has 1 fully saturated rings. The van der Waals surface area contributed by atoms with Gasteiger partial charge in [-0.3, -0.25) is 4.79 Å². The molecule has 0 bridgehead atoms. The third-order valence-corrected chi connectivity index (χ3v) is 8.08. The minimum absolute atomic E-state index is 0.153. The molecule has 0 saturated carbocycles. The molecule has 9 nitrogen and oxygen atoms in total. The van der Waals surface area contributed by atoms with Crippen molar-refractivity contribution < 1.29 is 13.2 Å². The SMILES string of the molecule is CC[C@H](C)c1ccc(NC(=O)[C@@H]2CCCN(S(=O)(=O)c3ccc(-n4cnnn4)cc3)C2)cc1. The number of benzene rings is 2. The van der Waals surface area contributed by atoms with Gasteiger partial charge in [-0.25, -0.2) is 13.1 Å². The first-order valence-corrected chi connectivity index (χ1v) is 12.6. The van der Waals surface area contributed by atoms with E-state index in [0.717, 1.165) is 12.1 Å². The van der Waals surface area contributed by atoms with Crippen LogP contribution in [0.1, 0.15) is 44.6 Å². The molecule has 0 aliphatic carbocycles. The van der Waals surface area contributed by atoms with Crippen LogP contribution < -0.4 is 5.32 Å². The summed E-state index contributed by atoms with van der Waals surface area (Å²) in [6, 6.07) is 14.2. The summed E-state index contributed by atoms with van der Waals surface area (Å²) >= 11 is 0. The Labute approximate surface area is 193 Å². The highest BCUT2D eigenvalue weighted by Gasteiger charge is 2.33. The molecule has 1 aliphatic rings. The summed E-state index contributed by atoms with van der Waals surface area (Å²) < 4.78 is 29.2. The highest BCUT2D eigenvalue weighted by Crippen LogP contribution is 2.26. The number of nitrogens with one attached hydrogen (secondary N) is 1. The highest BCUT2D eigenvalue weighted by molar-refractivity contribution is 7.89. The molecule has 2 heterocycles. The number of anilines is 1. The van der Waals surface area contributed by atoms with Crippen LogP contribution in [-0.4, -0.2) is 51.9 Å². The van der Waals surface area contributed by atoms with Crippen molar-refractivity contribution in [1.29, 1.82) is 0 Å². The van der Waals surface area contributed by atoms with Crippen molar-refractivity contribution >= 4 is 21.6 Å². The van der Waals surface area contributed by atoms with Crippen LogP contribution in [0.5, 0.6) is 0 Å². The molecule has 2 aromatic carbocycles. The number of hydrogen-bond donors (Lipinski definition) is 1. The summed E-state index contributed by atoms with van der Waals surface area (Å²) in [5.74, 6) is -0.0858. The number of rotatable bonds is 7. The monoisotopic (exact) mass is 468 g/mol. The van der Waals surface area contributed by atoms with E-state index in [1.807, 2.05) is 24.3 Å². The van der Waals surface area contributed by atoms with Crippen LogP contribution in [-0.2, 0) is 14.8 Å². The van der Waals surface area contributed by atoms with Gasteiger partial charge in [0, 0.05) is 18.8 Å². The summed E-state index contributed by atoms with van der Waals surface area (Å²) in [4.78, 5) is 13.1. The quantitative estimate of drug-likeness (QED) is 0.570. The van der Waals surface area contributed by atoms with E-state index in [0.29, 0.717) is 31.0 Å². The first-order chi connectivity index (χ1) is 15.9. The third-order valence-electron chi connectivity index (χ3n) is 6.20. The second-order valence-electron chi connectivity index (χ2n) is 8.37. The van der Waals surface area contributed by atoms with E-state index in [1.54, 1.807) is 12.1 Å². The van der Waals surface area contributed by atoms with Crippen LogP contribution in [0, 0.1) is 5.92 Å². The fourth-order valence-corrected chi connectivity index (χ4v) is 5.47. The van der Waals surface area contributed by atoms with Crippen molar-refractivity contribution in [2.45, 2.75) is 43.9 Å². The molecule has 0 unspecified atom stereocenters. The van der Waals surface area contributed by atoms with Crippen molar-refractivity contribution in [1.82, 2.24) is 24.5 Å². The molecule has 0 radical (unpaired) electrons. The maximum Gasteiger partial charge on any atom is 0.243 e. The van der Waals surface area contributed by atoms with Gasteiger partial charge in [0.15, 0.2) is 0 Å². The molecule has 2 atom stereocenters. The minimum atomic E-state index is -3.71. The van der Waals surface area contributed by atoms with Crippen molar-refractivity contribution in [2.75, 3.05) is 18.4 Å². The molecule has 3 aromatic rings. The number of tetrazole rings is 1. The van der Waals surface area contributed by atoms with Crippen molar-refractivity contribution in [3.63, 3.8) is 0 Å². The van der Waals surface area contributed by atoms with E-state index in [2.05, 4.69) is 34.7 Å². The lowest BCUT2D eigenvalue weighted by molar-refractivity contribution is -0.120. The van der Waals surface area contributed by atoms with Gasteiger partial charge in [-0.05, 0) is 77.6 Å². The topological polar surface area (TPSA) is 110 Å². The third kappa shape index (κ3) is 5.12. The Morgan fingerprint density at radius 3 is 2.52 bits per heavy atom. The van der Waals surface area contributed by atoms with Gasteiger partial charge in [0.2, 0.25) is 15.9 Å². The average Bonchev–Trinajstić information content (AvgIpc) is 3.39. The van der Waals surface area contributed by atoms with E-state index in [4.69, 9.17) is 0 Å². The van der Waals surface area contributed by atoms with Crippen LogP contribution in [0.4, 0.5) is 5.69 Å². The van der Waals surface area contributed by atoms with Crippen molar-refractivity contribution in [3.05, 3.63) is 60.4 Å². The zero-order valence-electron chi connectivity index (χ0n) is 18.8. The van der Waals surface area contributed by atoms with Gasteiger partial charge in [0.25, 0.3) is 0 Å². The zero-order chi connectivity index (χ0) is 23.4. The summed E-state index contributed by atoms with van der Waals surface area (Å²) in [7, 11) is -3.71.